The van der Waals surface area contributed by atoms with Gasteiger partial charge in [-0.25, -0.2) is 4.98 Å². The van der Waals surface area contributed by atoms with Crippen LogP contribution in [0, 0.1) is 0 Å². The van der Waals surface area contributed by atoms with Crippen molar-refractivity contribution in [3.05, 3.63) is 58.6 Å². The molecule has 1 aromatic heterocycles. The third-order valence-corrected chi connectivity index (χ3v) is 3.74. The molecule has 0 aliphatic carbocycles. The monoisotopic (exact) mass is 288 g/mol. The van der Waals surface area contributed by atoms with Crippen LogP contribution in [0.2, 0.25) is 5.02 Å². The lowest BCUT2D eigenvalue weighted by Gasteiger charge is -2.05. The van der Waals surface area contributed by atoms with Gasteiger partial charge >= 0.3 is 0 Å². The van der Waals surface area contributed by atoms with Gasteiger partial charge in [-0.15, -0.1) is 11.3 Å². The smallest absolute Gasteiger partial charge is 0.255 e. The summed E-state index contributed by atoms with van der Waals surface area (Å²) in [6.45, 7) is 0. The number of hydrogen-bond donors (Lipinski definition) is 1. The molecular weight excluding hydrogens is 280 g/mol. The van der Waals surface area contributed by atoms with Crippen LogP contribution in [0.15, 0.2) is 48.0 Å². The predicted octanol–water partition coefficient (Wildman–Crippen LogP) is 4.20. The van der Waals surface area contributed by atoms with Crippen molar-refractivity contribution in [2.24, 2.45) is 0 Å². The first kappa shape index (κ1) is 12.1. The third kappa shape index (κ3) is 2.59. The Morgan fingerprint density at radius 3 is 2.74 bits per heavy atom. The van der Waals surface area contributed by atoms with Crippen molar-refractivity contribution in [1.29, 1.82) is 0 Å². The summed E-state index contributed by atoms with van der Waals surface area (Å²) in [5.41, 5.74) is 4.06. The molecule has 5 heteroatoms. The van der Waals surface area contributed by atoms with E-state index in [9.17, 15) is 4.79 Å². The topological polar surface area (TPSA) is 42.0 Å². The van der Waals surface area contributed by atoms with Crippen molar-refractivity contribution in [3.8, 4) is 0 Å². The number of anilines is 1. The van der Waals surface area contributed by atoms with E-state index in [2.05, 4.69) is 10.3 Å². The van der Waals surface area contributed by atoms with Gasteiger partial charge in [-0.3, -0.25) is 4.79 Å². The lowest BCUT2D eigenvalue weighted by Crippen LogP contribution is -2.11. The fourth-order valence-corrected chi connectivity index (χ4v) is 2.58. The van der Waals surface area contributed by atoms with E-state index < -0.39 is 0 Å². The molecule has 1 N–H and O–H groups in total. The van der Waals surface area contributed by atoms with Crippen molar-refractivity contribution in [1.82, 2.24) is 4.98 Å². The highest BCUT2D eigenvalue weighted by atomic mass is 35.5. The zero-order valence-corrected chi connectivity index (χ0v) is 11.3. The Labute approximate surface area is 118 Å². The van der Waals surface area contributed by atoms with E-state index in [1.807, 2.05) is 18.2 Å². The van der Waals surface area contributed by atoms with Gasteiger partial charge in [0, 0.05) is 16.3 Å². The molecule has 0 unspecified atom stereocenters. The molecule has 1 amide bonds. The number of carbonyl (C=O) groups excluding carboxylic acids is 1. The molecule has 2 aromatic carbocycles. The Bertz CT molecular complexity index is 737. The molecular formula is C14H9ClN2OS. The SMILES string of the molecule is O=C(Nc1ccc2ncsc2c1)c1ccc(Cl)cc1. The van der Waals surface area contributed by atoms with Gasteiger partial charge < -0.3 is 5.32 Å². The molecule has 0 saturated heterocycles. The van der Waals surface area contributed by atoms with Crippen molar-refractivity contribution >= 4 is 44.7 Å². The fourth-order valence-electron chi connectivity index (χ4n) is 1.74. The van der Waals surface area contributed by atoms with E-state index in [4.69, 9.17) is 11.6 Å². The number of nitrogens with one attached hydrogen (secondary N) is 1. The summed E-state index contributed by atoms with van der Waals surface area (Å²) < 4.78 is 1.05. The van der Waals surface area contributed by atoms with E-state index in [0.717, 1.165) is 15.9 Å². The minimum Gasteiger partial charge on any atom is -0.322 e. The maximum atomic E-state index is 12.0. The first-order chi connectivity index (χ1) is 9.22. The molecule has 1 heterocycles. The largest absolute Gasteiger partial charge is 0.322 e. The molecule has 0 spiro atoms. The van der Waals surface area contributed by atoms with Crippen LogP contribution in [0.25, 0.3) is 10.2 Å². The van der Waals surface area contributed by atoms with Crippen LogP contribution in [0.5, 0.6) is 0 Å². The van der Waals surface area contributed by atoms with E-state index in [1.165, 1.54) is 0 Å². The average molecular weight is 289 g/mol. The predicted molar refractivity (Wildman–Crippen MR) is 79.0 cm³/mol. The molecule has 3 rings (SSSR count). The van der Waals surface area contributed by atoms with Crippen molar-refractivity contribution < 1.29 is 4.79 Å². The average Bonchev–Trinajstić information content (AvgIpc) is 2.87. The zero-order chi connectivity index (χ0) is 13.2. The number of thiazole rings is 1. The van der Waals surface area contributed by atoms with Crippen LogP contribution in [0.1, 0.15) is 10.4 Å². The molecule has 0 aliphatic rings. The van der Waals surface area contributed by atoms with E-state index in [0.29, 0.717) is 10.6 Å². The lowest BCUT2D eigenvalue weighted by atomic mass is 10.2. The summed E-state index contributed by atoms with van der Waals surface area (Å²) in [6, 6.07) is 12.4. The highest BCUT2D eigenvalue weighted by Crippen LogP contribution is 2.22. The Morgan fingerprint density at radius 2 is 1.95 bits per heavy atom. The summed E-state index contributed by atoms with van der Waals surface area (Å²) in [5, 5.41) is 3.47. The van der Waals surface area contributed by atoms with Crippen LogP contribution < -0.4 is 5.32 Å². The van der Waals surface area contributed by atoms with E-state index in [1.54, 1.807) is 41.1 Å². The quantitative estimate of drug-likeness (QED) is 0.768. The zero-order valence-electron chi connectivity index (χ0n) is 9.76. The maximum absolute atomic E-state index is 12.0. The van der Waals surface area contributed by atoms with Gasteiger partial charge in [-0.2, -0.15) is 0 Å². The van der Waals surface area contributed by atoms with Gasteiger partial charge in [0.2, 0.25) is 0 Å². The van der Waals surface area contributed by atoms with Crippen LogP contribution in [-0.4, -0.2) is 10.9 Å². The first-order valence-corrected chi connectivity index (χ1v) is 6.88. The number of rotatable bonds is 2. The Balaban J connectivity index is 1.83. The first-order valence-electron chi connectivity index (χ1n) is 5.62. The molecule has 0 saturated carbocycles. The van der Waals surface area contributed by atoms with Crippen LogP contribution in [0.4, 0.5) is 5.69 Å². The number of amides is 1. The summed E-state index contributed by atoms with van der Waals surface area (Å²) in [5.74, 6) is -0.152. The molecule has 0 atom stereocenters. The number of fused-ring (bicyclic) bond motifs is 1. The van der Waals surface area contributed by atoms with Crippen LogP contribution >= 0.6 is 22.9 Å². The number of hydrogen-bond acceptors (Lipinski definition) is 3. The second-order valence-corrected chi connectivity index (χ2v) is 5.32. The highest BCUT2D eigenvalue weighted by molar-refractivity contribution is 7.16. The van der Waals surface area contributed by atoms with Gasteiger partial charge in [-0.05, 0) is 42.5 Å². The molecule has 0 fully saturated rings. The Hall–Kier alpha value is -1.91. The van der Waals surface area contributed by atoms with Gasteiger partial charge in [-0.1, -0.05) is 11.6 Å². The third-order valence-electron chi connectivity index (χ3n) is 2.70. The van der Waals surface area contributed by atoms with Crippen molar-refractivity contribution in [2.45, 2.75) is 0 Å². The van der Waals surface area contributed by atoms with Crippen molar-refractivity contribution in [3.63, 3.8) is 0 Å². The molecule has 3 aromatic rings. The highest BCUT2D eigenvalue weighted by Gasteiger charge is 2.06. The number of carbonyl (C=O) groups is 1. The minimum absolute atomic E-state index is 0.152. The second kappa shape index (κ2) is 4.99. The molecule has 0 radical (unpaired) electrons. The van der Waals surface area contributed by atoms with Crippen molar-refractivity contribution in [2.75, 3.05) is 5.32 Å². The standard InChI is InChI=1S/C14H9ClN2OS/c15-10-3-1-9(2-4-10)14(18)17-11-5-6-12-13(7-11)19-8-16-12/h1-8H,(H,17,18). The fraction of sp³-hybridized carbons (Fsp3) is 0. The molecule has 0 aliphatic heterocycles. The molecule has 94 valence electrons. The summed E-state index contributed by atoms with van der Waals surface area (Å²) in [7, 11) is 0. The van der Waals surface area contributed by atoms with Gasteiger partial charge in [0.1, 0.15) is 0 Å². The number of halogens is 1. The van der Waals surface area contributed by atoms with Gasteiger partial charge in [0.25, 0.3) is 5.91 Å². The van der Waals surface area contributed by atoms with Gasteiger partial charge in [0.05, 0.1) is 15.7 Å². The molecule has 3 nitrogen and oxygen atoms in total. The minimum atomic E-state index is -0.152. The Kier molecular flexibility index (Phi) is 3.19. The second-order valence-electron chi connectivity index (χ2n) is 4.00. The summed E-state index contributed by atoms with van der Waals surface area (Å²) in [6.07, 6.45) is 0. The van der Waals surface area contributed by atoms with Gasteiger partial charge in [0.15, 0.2) is 0 Å². The number of aromatic nitrogens is 1. The number of nitrogens with zero attached hydrogens (tertiary/aromatic N) is 1. The lowest BCUT2D eigenvalue weighted by molar-refractivity contribution is 0.102. The molecule has 19 heavy (non-hydrogen) atoms. The van der Waals surface area contributed by atoms with E-state index >= 15 is 0 Å². The molecule has 0 bridgehead atoms. The van der Waals surface area contributed by atoms with E-state index in [-0.39, 0.29) is 5.91 Å². The maximum Gasteiger partial charge on any atom is 0.255 e. The normalized spacial score (nSPS) is 10.6. The van der Waals surface area contributed by atoms with Crippen LogP contribution in [-0.2, 0) is 0 Å². The summed E-state index contributed by atoms with van der Waals surface area (Å²) in [4.78, 5) is 16.2. The van der Waals surface area contributed by atoms with Crippen LogP contribution in [0.3, 0.4) is 0 Å². The Morgan fingerprint density at radius 1 is 1.16 bits per heavy atom. The summed E-state index contributed by atoms with van der Waals surface area (Å²) >= 11 is 7.34. The number of benzene rings is 2.